The fraction of sp³-hybridized carbons (Fsp3) is 0.0588. The molecule has 0 unspecified atom stereocenters. The number of aromatic amines is 1. The zero-order valence-corrected chi connectivity index (χ0v) is 13.0. The fourth-order valence-electron chi connectivity index (χ4n) is 2.28. The van der Waals surface area contributed by atoms with Crippen molar-refractivity contribution in [1.29, 1.82) is 5.41 Å². The van der Waals surface area contributed by atoms with E-state index < -0.39 is 0 Å². The minimum Gasteiger partial charge on any atom is -0.455 e. The summed E-state index contributed by atoms with van der Waals surface area (Å²) in [6.07, 6.45) is 0. The van der Waals surface area contributed by atoms with E-state index in [1.54, 1.807) is 30.3 Å². The summed E-state index contributed by atoms with van der Waals surface area (Å²) in [6.45, 7) is 0. The maximum atomic E-state index is 12.2. The van der Waals surface area contributed by atoms with Crippen LogP contribution in [0.3, 0.4) is 0 Å². The Bertz CT molecular complexity index is 932. The van der Waals surface area contributed by atoms with Gasteiger partial charge in [-0.15, -0.1) is 0 Å². The van der Waals surface area contributed by atoms with Crippen molar-refractivity contribution in [1.82, 2.24) is 9.88 Å². The highest BCUT2D eigenvalue weighted by molar-refractivity contribution is 6.05. The molecule has 0 saturated carbocycles. The van der Waals surface area contributed by atoms with E-state index in [9.17, 15) is 4.79 Å². The van der Waals surface area contributed by atoms with E-state index in [1.165, 1.54) is 7.05 Å². The highest BCUT2D eigenvalue weighted by Gasteiger charge is 2.16. The molecule has 0 aliphatic heterocycles. The van der Waals surface area contributed by atoms with Crippen LogP contribution < -0.4 is 16.2 Å². The van der Waals surface area contributed by atoms with Crippen LogP contribution in [0.1, 0.15) is 10.5 Å². The molecule has 0 saturated heterocycles. The predicted molar refractivity (Wildman–Crippen MR) is 93.2 cm³/mol. The number of fused-ring (bicyclic) bond motifs is 1. The Kier molecular flexibility index (Phi) is 3.83. The van der Waals surface area contributed by atoms with Crippen molar-refractivity contribution in [2.24, 2.45) is 5.73 Å². The van der Waals surface area contributed by atoms with Gasteiger partial charge < -0.3 is 21.2 Å². The number of nitrogens with zero attached hydrogens (tertiary/aromatic N) is 1. The van der Waals surface area contributed by atoms with Crippen LogP contribution in [0.25, 0.3) is 10.9 Å². The molecule has 3 rings (SSSR count). The van der Waals surface area contributed by atoms with Crippen LogP contribution in [-0.4, -0.2) is 28.8 Å². The van der Waals surface area contributed by atoms with E-state index in [1.807, 2.05) is 18.2 Å². The first-order valence-electron chi connectivity index (χ1n) is 7.23. The van der Waals surface area contributed by atoms with Crippen molar-refractivity contribution in [3.05, 3.63) is 54.2 Å². The zero-order chi connectivity index (χ0) is 17.3. The molecule has 3 aromatic rings. The first kappa shape index (κ1) is 15.4. The number of amides is 1. The van der Waals surface area contributed by atoms with Crippen molar-refractivity contribution in [3.8, 4) is 11.5 Å². The highest BCUT2D eigenvalue weighted by atomic mass is 16.5. The van der Waals surface area contributed by atoms with Gasteiger partial charge in [0.2, 0.25) is 0 Å². The van der Waals surface area contributed by atoms with Gasteiger partial charge in [0.15, 0.2) is 5.96 Å². The second-order valence-electron chi connectivity index (χ2n) is 5.32. The van der Waals surface area contributed by atoms with Gasteiger partial charge >= 0.3 is 0 Å². The third-order valence-electron chi connectivity index (χ3n) is 3.64. The summed E-state index contributed by atoms with van der Waals surface area (Å²) in [5, 5.41) is 8.18. The summed E-state index contributed by atoms with van der Waals surface area (Å²) in [5.74, 6) is 0.466. The van der Waals surface area contributed by atoms with E-state index in [0.29, 0.717) is 22.9 Å². The summed E-state index contributed by atoms with van der Waals surface area (Å²) in [4.78, 5) is 16.3. The molecule has 1 heterocycles. The van der Waals surface area contributed by atoms with E-state index in [-0.39, 0.29) is 11.9 Å². The van der Waals surface area contributed by atoms with Crippen LogP contribution in [-0.2, 0) is 0 Å². The van der Waals surface area contributed by atoms with Gasteiger partial charge in [0.1, 0.15) is 17.2 Å². The minimum atomic E-state index is -0.381. The maximum Gasteiger partial charge on any atom is 0.276 e. The van der Waals surface area contributed by atoms with Crippen LogP contribution in [0.5, 0.6) is 11.5 Å². The minimum absolute atomic E-state index is 0.317. The van der Waals surface area contributed by atoms with Gasteiger partial charge in [0.05, 0.1) is 5.69 Å². The number of nitrogen functional groups attached to an aromatic ring is 1. The van der Waals surface area contributed by atoms with Gasteiger partial charge in [-0.3, -0.25) is 15.1 Å². The normalized spacial score (nSPS) is 10.5. The van der Waals surface area contributed by atoms with E-state index in [0.717, 1.165) is 15.8 Å². The molecule has 2 aromatic carbocycles. The second-order valence-corrected chi connectivity index (χ2v) is 5.32. The molecule has 0 aliphatic carbocycles. The monoisotopic (exact) mass is 323 g/mol. The fourth-order valence-corrected chi connectivity index (χ4v) is 2.28. The number of hydrogen-bond donors (Lipinski definition) is 4. The highest BCUT2D eigenvalue weighted by Crippen LogP contribution is 2.29. The van der Waals surface area contributed by atoms with Gasteiger partial charge in [-0.1, -0.05) is 12.1 Å². The molecule has 6 N–H and O–H groups in total. The number of aromatic nitrogens is 1. The van der Waals surface area contributed by atoms with Crippen molar-refractivity contribution < 1.29 is 9.53 Å². The number of ether oxygens (including phenoxy) is 1. The first-order valence-corrected chi connectivity index (χ1v) is 7.23. The summed E-state index contributed by atoms with van der Waals surface area (Å²) in [7, 11) is 1.45. The van der Waals surface area contributed by atoms with Crippen LogP contribution in [0, 0.1) is 5.41 Å². The molecule has 0 spiro atoms. The number of para-hydroxylation sites is 2. The third kappa shape index (κ3) is 2.87. The Morgan fingerprint density at radius 1 is 1.21 bits per heavy atom. The number of guanidine groups is 1. The van der Waals surface area contributed by atoms with Gasteiger partial charge in [0.25, 0.3) is 5.91 Å². The van der Waals surface area contributed by atoms with Crippen LogP contribution in [0.4, 0.5) is 5.69 Å². The number of nitrogens with one attached hydrogen (secondary N) is 2. The summed E-state index contributed by atoms with van der Waals surface area (Å²) < 4.78 is 5.78. The molecule has 7 nitrogen and oxygen atoms in total. The van der Waals surface area contributed by atoms with E-state index >= 15 is 0 Å². The quantitative estimate of drug-likeness (QED) is 0.336. The van der Waals surface area contributed by atoms with Crippen molar-refractivity contribution >= 4 is 28.5 Å². The Labute approximate surface area is 138 Å². The number of nitrogens with two attached hydrogens (primary N) is 2. The summed E-state index contributed by atoms with van der Waals surface area (Å²) in [5.41, 5.74) is 12.8. The SMILES string of the molecule is CN(C(=N)N)C(=O)c1cc2ccc(Oc3ccccc3N)cc2[nH]1. The molecule has 0 fully saturated rings. The predicted octanol–water partition coefficient (Wildman–Crippen LogP) is 2.51. The second kappa shape index (κ2) is 5.96. The average molecular weight is 323 g/mol. The van der Waals surface area contributed by atoms with E-state index in [4.69, 9.17) is 21.6 Å². The molecule has 1 amide bonds. The number of rotatable bonds is 3. The van der Waals surface area contributed by atoms with Crippen LogP contribution in [0.2, 0.25) is 0 Å². The lowest BCUT2D eigenvalue weighted by molar-refractivity contribution is 0.0864. The third-order valence-corrected chi connectivity index (χ3v) is 3.64. The zero-order valence-electron chi connectivity index (χ0n) is 13.0. The molecule has 7 heteroatoms. The smallest absolute Gasteiger partial charge is 0.276 e. The largest absolute Gasteiger partial charge is 0.455 e. The molecule has 0 aliphatic rings. The molecule has 0 bridgehead atoms. The Balaban J connectivity index is 1.90. The number of anilines is 1. The van der Waals surface area contributed by atoms with Crippen molar-refractivity contribution in [2.75, 3.05) is 12.8 Å². The molecule has 122 valence electrons. The topological polar surface area (TPSA) is 121 Å². The number of hydrogen-bond acceptors (Lipinski definition) is 4. The van der Waals surface area contributed by atoms with Crippen molar-refractivity contribution in [3.63, 3.8) is 0 Å². The van der Waals surface area contributed by atoms with E-state index in [2.05, 4.69) is 4.98 Å². The molecule has 1 aromatic heterocycles. The molecule has 0 atom stereocenters. The standard InChI is InChI=1S/C17H17N5O2/c1-22(17(19)20)16(23)14-8-10-6-7-11(9-13(10)21-14)24-15-5-3-2-4-12(15)18/h2-9,21H,18H2,1H3,(H3,19,20). The number of benzene rings is 2. The summed E-state index contributed by atoms with van der Waals surface area (Å²) in [6, 6.07) is 14.3. The molecular formula is C17H17N5O2. The maximum absolute atomic E-state index is 12.2. The lowest BCUT2D eigenvalue weighted by atomic mass is 10.2. The Morgan fingerprint density at radius 2 is 1.96 bits per heavy atom. The Hall–Kier alpha value is -3.48. The lowest BCUT2D eigenvalue weighted by Gasteiger charge is -2.12. The van der Waals surface area contributed by atoms with Crippen molar-refractivity contribution in [2.45, 2.75) is 0 Å². The number of carbonyl (C=O) groups is 1. The number of H-pyrrole nitrogens is 1. The molecule has 0 radical (unpaired) electrons. The van der Waals surface area contributed by atoms with Gasteiger partial charge in [-0.05, 0) is 30.3 Å². The lowest BCUT2D eigenvalue weighted by Crippen LogP contribution is -2.38. The Morgan fingerprint density at radius 3 is 2.67 bits per heavy atom. The van der Waals surface area contributed by atoms with Gasteiger partial charge in [-0.2, -0.15) is 0 Å². The first-order chi connectivity index (χ1) is 11.5. The van der Waals surface area contributed by atoms with Gasteiger partial charge in [-0.25, -0.2) is 0 Å². The molecular weight excluding hydrogens is 306 g/mol. The summed E-state index contributed by atoms with van der Waals surface area (Å²) >= 11 is 0. The molecule has 24 heavy (non-hydrogen) atoms. The van der Waals surface area contributed by atoms with Crippen LogP contribution in [0.15, 0.2) is 48.5 Å². The van der Waals surface area contributed by atoms with Crippen LogP contribution >= 0.6 is 0 Å². The number of carbonyl (C=O) groups excluding carboxylic acids is 1. The van der Waals surface area contributed by atoms with Gasteiger partial charge in [0, 0.05) is 24.0 Å². The average Bonchev–Trinajstić information content (AvgIpc) is 2.98.